The number of rotatable bonds is 5. The molecule has 1 aromatic heterocycles. The van der Waals surface area contributed by atoms with Gasteiger partial charge in [0.05, 0.1) is 11.1 Å². The first-order valence-electron chi connectivity index (χ1n) is 6.48. The van der Waals surface area contributed by atoms with E-state index in [1.165, 1.54) is 12.3 Å². The predicted molar refractivity (Wildman–Crippen MR) is 70.1 cm³/mol. The van der Waals surface area contributed by atoms with Crippen LogP contribution in [0.5, 0.6) is 0 Å². The third kappa shape index (κ3) is 3.11. The first kappa shape index (κ1) is 13.5. The molecular weight excluding hydrogens is 248 g/mol. The minimum atomic E-state index is -0.472. The normalized spacial score (nSPS) is 18.5. The van der Waals surface area contributed by atoms with Crippen LogP contribution in [-0.2, 0) is 6.54 Å². The van der Waals surface area contributed by atoms with Gasteiger partial charge in [0, 0.05) is 25.2 Å². The second-order valence-corrected chi connectivity index (χ2v) is 4.70. The van der Waals surface area contributed by atoms with Gasteiger partial charge in [-0.25, -0.2) is 0 Å². The zero-order valence-electron chi connectivity index (χ0n) is 10.9. The van der Waals surface area contributed by atoms with E-state index in [1.807, 2.05) is 6.92 Å². The maximum Gasteiger partial charge on any atom is 0.287 e. The van der Waals surface area contributed by atoms with Crippen LogP contribution in [0.1, 0.15) is 30.3 Å². The number of aryl methyl sites for hydroxylation is 1. The molecule has 1 aliphatic heterocycles. The van der Waals surface area contributed by atoms with Gasteiger partial charge < -0.3 is 15.2 Å². The molecule has 2 heterocycles. The average molecular weight is 266 g/mol. The molecule has 0 saturated carbocycles. The lowest BCUT2D eigenvalue weighted by Crippen LogP contribution is -2.37. The molecule has 0 unspecified atom stereocenters. The number of nitrogens with zero attached hydrogens (tertiary/aromatic N) is 2. The van der Waals surface area contributed by atoms with Crippen LogP contribution in [-0.4, -0.2) is 34.5 Å². The average Bonchev–Trinajstić information content (AvgIpc) is 2.98. The Kier molecular flexibility index (Phi) is 4.16. The van der Waals surface area contributed by atoms with Crippen LogP contribution in [0.3, 0.4) is 0 Å². The lowest BCUT2D eigenvalue weighted by molar-refractivity contribution is -0.384. The number of nitrogens with one attached hydrogen (secondary N) is 2. The van der Waals surface area contributed by atoms with Crippen LogP contribution in [0.2, 0.25) is 0 Å². The predicted octanol–water partition coefficient (Wildman–Crippen LogP) is 0.898. The maximum atomic E-state index is 12.1. The molecule has 19 heavy (non-hydrogen) atoms. The van der Waals surface area contributed by atoms with Crippen LogP contribution in [0.15, 0.2) is 12.3 Å². The van der Waals surface area contributed by atoms with Crippen LogP contribution < -0.4 is 10.6 Å². The monoisotopic (exact) mass is 266 g/mol. The Morgan fingerprint density at radius 3 is 3.05 bits per heavy atom. The van der Waals surface area contributed by atoms with E-state index in [-0.39, 0.29) is 17.6 Å². The molecule has 7 nitrogen and oxygen atoms in total. The van der Waals surface area contributed by atoms with Gasteiger partial charge >= 0.3 is 0 Å². The van der Waals surface area contributed by atoms with Crippen molar-refractivity contribution in [2.75, 3.05) is 13.1 Å². The highest BCUT2D eigenvalue weighted by Gasteiger charge is 2.22. The van der Waals surface area contributed by atoms with E-state index in [0.29, 0.717) is 12.2 Å². The van der Waals surface area contributed by atoms with E-state index >= 15 is 0 Å². The highest BCUT2D eigenvalue weighted by Crippen LogP contribution is 2.17. The summed E-state index contributed by atoms with van der Waals surface area (Å²) >= 11 is 0. The molecule has 1 aromatic rings. The number of hydrogen-bond donors (Lipinski definition) is 2. The van der Waals surface area contributed by atoms with Gasteiger partial charge in [0.2, 0.25) is 0 Å². The minimum absolute atomic E-state index is 0.0388. The Labute approximate surface area is 111 Å². The summed E-state index contributed by atoms with van der Waals surface area (Å²) in [6.07, 6.45) is 3.13. The van der Waals surface area contributed by atoms with E-state index in [0.717, 1.165) is 25.9 Å². The molecule has 1 fully saturated rings. The first-order valence-corrected chi connectivity index (χ1v) is 6.48. The molecule has 0 radical (unpaired) electrons. The van der Waals surface area contributed by atoms with Crippen molar-refractivity contribution < 1.29 is 9.72 Å². The van der Waals surface area contributed by atoms with Crippen molar-refractivity contribution in [2.45, 2.75) is 32.4 Å². The molecule has 0 aliphatic carbocycles. The lowest BCUT2D eigenvalue weighted by atomic mass is 10.2. The Balaban J connectivity index is 2.16. The largest absolute Gasteiger partial charge is 0.347 e. The second-order valence-electron chi connectivity index (χ2n) is 4.70. The topological polar surface area (TPSA) is 89.2 Å². The Morgan fingerprint density at radius 2 is 2.47 bits per heavy atom. The van der Waals surface area contributed by atoms with Crippen molar-refractivity contribution in [2.24, 2.45) is 0 Å². The maximum absolute atomic E-state index is 12.1. The van der Waals surface area contributed by atoms with Crippen molar-refractivity contribution in [1.82, 2.24) is 15.2 Å². The molecular formula is C12H18N4O3. The summed E-state index contributed by atoms with van der Waals surface area (Å²) in [6, 6.07) is 1.45. The van der Waals surface area contributed by atoms with Crippen LogP contribution >= 0.6 is 0 Å². The molecule has 1 aliphatic rings. The fraction of sp³-hybridized carbons (Fsp3) is 0.583. The molecule has 1 amide bonds. The Bertz CT molecular complexity index is 477. The highest BCUT2D eigenvalue weighted by atomic mass is 16.6. The van der Waals surface area contributed by atoms with Crippen LogP contribution in [0, 0.1) is 10.1 Å². The zero-order valence-corrected chi connectivity index (χ0v) is 10.9. The van der Waals surface area contributed by atoms with Gasteiger partial charge in [-0.3, -0.25) is 14.9 Å². The molecule has 2 N–H and O–H groups in total. The fourth-order valence-corrected chi connectivity index (χ4v) is 2.25. The SMILES string of the molecule is CCCn1cc([N+](=O)[O-])cc1C(=O)N[C@H]1CCNC1. The summed E-state index contributed by atoms with van der Waals surface area (Å²) in [5.41, 5.74) is 0.323. The van der Waals surface area contributed by atoms with E-state index in [2.05, 4.69) is 10.6 Å². The summed E-state index contributed by atoms with van der Waals surface area (Å²) in [7, 11) is 0. The van der Waals surface area contributed by atoms with Crippen molar-refractivity contribution in [3.63, 3.8) is 0 Å². The van der Waals surface area contributed by atoms with E-state index in [9.17, 15) is 14.9 Å². The minimum Gasteiger partial charge on any atom is -0.347 e. The quantitative estimate of drug-likeness (QED) is 0.612. The summed E-state index contributed by atoms with van der Waals surface area (Å²) in [4.78, 5) is 22.5. The molecule has 0 spiro atoms. The number of nitro groups is 1. The molecule has 0 aromatic carbocycles. The van der Waals surface area contributed by atoms with Gasteiger partial charge in [0.15, 0.2) is 0 Å². The molecule has 0 bridgehead atoms. The number of aromatic nitrogens is 1. The van der Waals surface area contributed by atoms with Gasteiger partial charge in [-0.2, -0.15) is 0 Å². The Hall–Kier alpha value is -1.89. The number of hydrogen-bond acceptors (Lipinski definition) is 4. The first-order chi connectivity index (χ1) is 9.11. The lowest BCUT2D eigenvalue weighted by Gasteiger charge is -2.12. The Morgan fingerprint density at radius 1 is 1.68 bits per heavy atom. The van der Waals surface area contributed by atoms with Crippen LogP contribution in [0.4, 0.5) is 5.69 Å². The summed E-state index contributed by atoms with van der Waals surface area (Å²) in [6.45, 7) is 4.21. The number of carbonyl (C=O) groups is 1. The third-order valence-corrected chi connectivity index (χ3v) is 3.19. The molecule has 1 atom stereocenters. The number of amides is 1. The summed E-state index contributed by atoms with van der Waals surface area (Å²) < 4.78 is 1.65. The third-order valence-electron chi connectivity index (χ3n) is 3.19. The van der Waals surface area contributed by atoms with E-state index in [4.69, 9.17) is 0 Å². The molecule has 1 saturated heterocycles. The van der Waals surface area contributed by atoms with Gasteiger partial charge in [-0.05, 0) is 19.4 Å². The molecule has 7 heteroatoms. The van der Waals surface area contributed by atoms with Gasteiger partial charge in [0.1, 0.15) is 5.69 Å². The molecule has 104 valence electrons. The van der Waals surface area contributed by atoms with Crippen molar-refractivity contribution in [1.29, 1.82) is 0 Å². The van der Waals surface area contributed by atoms with Crippen molar-refractivity contribution in [3.05, 3.63) is 28.1 Å². The highest BCUT2D eigenvalue weighted by molar-refractivity contribution is 5.93. The summed E-state index contributed by atoms with van der Waals surface area (Å²) in [5.74, 6) is -0.241. The zero-order chi connectivity index (χ0) is 13.8. The van der Waals surface area contributed by atoms with Gasteiger partial charge in [0.25, 0.3) is 11.6 Å². The van der Waals surface area contributed by atoms with Crippen molar-refractivity contribution in [3.8, 4) is 0 Å². The fourth-order valence-electron chi connectivity index (χ4n) is 2.25. The van der Waals surface area contributed by atoms with E-state index in [1.54, 1.807) is 4.57 Å². The second kappa shape index (κ2) is 5.83. The molecule has 2 rings (SSSR count). The van der Waals surface area contributed by atoms with Gasteiger partial charge in [-0.15, -0.1) is 0 Å². The van der Waals surface area contributed by atoms with Crippen LogP contribution in [0.25, 0.3) is 0 Å². The standard InChI is InChI=1S/C12H18N4O3/c1-2-5-15-8-10(16(18)19)6-11(15)12(17)14-9-3-4-13-7-9/h6,8-9,13H,2-5,7H2,1H3,(H,14,17)/t9-/m0/s1. The van der Waals surface area contributed by atoms with E-state index < -0.39 is 4.92 Å². The van der Waals surface area contributed by atoms with Gasteiger partial charge in [-0.1, -0.05) is 6.92 Å². The smallest absolute Gasteiger partial charge is 0.287 e. The van der Waals surface area contributed by atoms with Crippen molar-refractivity contribution >= 4 is 11.6 Å². The summed E-state index contributed by atoms with van der Waals surface area (Å²) in [5, 5.41) is 16.9. The number of carbonyl (C=O) groups excluding carboxylic acids is 1.